The van der Waals surface area contributed by atoms with Gasteiger partial charge >= 0.3 is 0 Å². The number of hydrogen-bond donors (Lipinski definition) is 1. The fourth-order valence-corrected chi connectivity index (χ4v) is 4.39. The van der Waals surface area contributed by atoms with Crippen molar-refractivity contribution in [2.45, 2.75) is 29.4 Å². The van der Waals surface area contributed by atoms with E-state index in [4.69, 9.17) is 5.26 Å². The number of nitrogens with one attached hydrogen (secondary N) is 1. The van der Waals surface area contributed by atoms with E-state index in [-0.39, 0.29) is 4.90 Å². The van der Waals surface area contributed by atoms with Crippen LogP contribution in [0.4, 0.5) is 0 Å². The predicted molar refractivity (Wildman–Crippen MR) is 76.4 cm³/mol. The standard InChI is InChI=1S/C13H16N2O2S2/c14-9-11-4-6-13(7-5-11)19(16,17)15-10-12-3-1-2-8-18-12/h4-7,12,15H,1-3,8,10H2. The molecule has 1 heterocycles. The lowest BCUT2D eigenvalue weighted by Gasteiger charge is -2.21. The molecule has 102 valence electrons. The number of thioether (sulfide) groups is 1. The van der Waals surface area contributed by atoms with Crippen LogP contribution in [0.5, 0.6) is 0 Å². The Labute approximate surface area is 118 Å². The Balaban J connectivity index is 1.99. The fourth-order valence-electron chi connectivity index (χ4n) is 1.96. The molecule has 1 saturated heterocycles. The SMILES string of the molecule is N#Cc1ccc(S(=O)(=O)NCC2CCCCS2)cc1. The second-order valence-corrected chi connectivity index (χ2v) is 7.65. The summed E-state index contributed by atoms with van der Waals surface area (Å²) in [5.74, 6) is 1.11. The van der Waals surface area contributed by atoms with Crippen LogP contribution in [0.2, 0.25) is 0 Å². The highest BCUT2D eigenvalue weighted by Gasteiger charge is 2.19. The zero-order valence-electron chi connectivity index (χ0n) is 10.5. The Bertz CT molecular complexity index is 555. The van der Waals surface area contributed by atoms with E-state index in [0.29, 0.717) is 17.4 Å². The quantitative estimate of drug-likeness (QED) is 0.924. The van der Waals surface area contributed by atoms with Gasteiger partial charge in [-0.15, -0.1) is 0 Å². The first-order valence-corrected chi connectivity index (χ1v) is 8.76. The molecule has 0 amide bonds. The maximum absolute atomic E-state index is 12.1. The number of sulfonamides is 1. The summed E-state index contributed by atoms with van der Waals surface area (Å²) in [5.41, 5.74) is 0.460. The van der Waals surface area contributed by atoms with Crippen molar-refractivity contribution in [3.8, 4) is 6.07 Å². The van der Waals surface area contributed by atoms with Crippen molar-refractivity contribution >= 4 is 21.8 Å². The number of hydrogen-bond acceptors (Lipinski definition) is 4. The molecule has 1 aromatic rings. The van der Waals surface area contributed by atoms with Gasteiger partial charge in [0.25, 0.3) is 0 Å². The minimum absolute atomic E-state index is 0.215. The minimum Gasteiger partial charge on any atom is -0.210 e. The Morgan fingerprint density at radius 2 is 2.05 bits per heavy atom. The van der Waals surface area contributed by atoms with Gasteiger partial charge in [0.2, 0.25) is 10.0 Å². The largest absolute Gasteiger partial charge is 0.240 e. The molecular weight excluding hydrogens is 280 g/mol. The molecule has 0 aliphatic carbocycles. The van der Waals surface area contributed by atoms with Crippen molar-refractivity contribution in [1.82, 2.24) is 4.72 Å². The topological polar surface area (TPSA) is 70.0 Å². The van der Waals surface area contributed by atoms with Crippen LogP contribution in [0.3, 0.4) is 0 Å². The number of rotatable bonds is 4. The van der Waals surface area contributed by atoms with E-state index in [1.54, 1.807) is 0 Å². The first-order chi connectivity index (χ1) is 9.12. The Kier molecular flexibility index (Phi) is 4.86. The molecule has 1 aliphatic heterocycles. The fraction of sp³-hybridized carbons (Fsp3) is 0.462. The predicted octanol–water partition coefficient (Wildman–Crippen LogP) is 2.12. The average Bonchev–Trinajstić information content (AvgIpc) is 2.46. The van der Waals surface area contributed by atoms with Crippen molar-refractivity contribution < 1.29 is 8.42 Å². The van der Waals surface area contributed by atoms with Gasteiger partial charge < -0.3 is 0 Å². The van der Waals surface area contributed by atoms with Gasteiger partial charge in [-0.05, 0) is 42.9 Å². The molecule has 1 unspecified atom stereocenters. The van der Waals surface area contributed by atoms with Crippen molar-refractivity contribution in [3.05, 3.63) is 29.8 Å². The van der Waals surface area contributed by atoms with Gasteiger partial charge in [-0.2, -0.15) is 17.0 Å². The summed E-state index contributed by atoms with van der Waals surface area (Å²) in [6, 6.07) is 7.94. The molecule has 4 nitrogen and oxygen atoms in total. The molecule has 0 bridgehead atoms. The lowest BCUT2D eigenvalue weighted by molar-refractivity contribution is 0.574. The van der Waals surface area contributed by atoms with Crippen molar-refractivity contribution in [1.29, 1.82) is 5.26 Å². The third kappa shape index (κ3) is 3.96. The minimum atomic E-state index is -3.46. The molecule has 1 atom stereocenters. The second-order valence-electron chi connectivity index (χ2n) is 4.48. The maximum atomic E-state index is 12.1. The van der Waals surface area contributed by atoms with Crippen LogP contribution in [-0.2, 0) is 10.0 Å². The summed E-state index contributed by atoms with van der Waals surface area (Å²) in [7, 11) is -3.46. The summed E-state index contributed by atoms with van der Waals surface area (Å²) in [5, 5.41) is 9.06. The normalized spacial score (nSPS) is 19.8. The molecular formula is C13H16N2O2S2. The summed E-state index contributed by atoms with van der Waals surface area (Å²) in [6.07, 6.45) is 3.47. The highest BCUT2D eigenvalue weighted by molar-refractivity contribution is 8.00. The van der Waals surface area contributed by atoms with Gasteiger partial charge in [0.05, 0.1) is 16.5 Å². The van der Waals surface area contributed by atoms with Gasteiger partial charge in [-0.1, -0.05) is 6.42 Å². The van der Waals surface area contributed by atoms with Gasteiger partial charge in [0.15, 0.2) is 0 Å². The van der Waals surface area contributed by atoms with Crippen LogP contribution in [0.15, 0.2) is 29.2 Å². The van der Waals surface area contributed by atoms with Crippen LogP contribution in [-0.4, -0.2) is 26.0 Å². The summed E-state index contributed by atoms with van der Waals surface area (Å²) < 4.78 is 26.8. The molecule has 2 rings (SSSR count). The van der Waals surface area contributed by atoms with E-state index in [0.717, 1.165) is 12.2 Å². The Morgan fingerprint density at radius 3 is 2.63 bits per heavy atom. The first kappa shape index (κ1) is 14.4. The maximum Gasteiger partial charge on any atom is 0.240 e. The lowest BCUT2D eigenvalue weighted by atomic mass is 10.2. The van der Waals surface area contributed by atoms with Crippen LogP contribution >= 0.6 is 11.8 Å². The number of nitrogens with zero attached hydrogens (tertiary/aromatic N) is 1. The van der Waals surface area contributed by atoms with Crippen molar-refractivity contribution in [2.24, 2.45) is 0 Å². The van der Waals surface area contributed by atoms with E-state index in [2.05, 4.69) is 4.72 Å². The summed E-state index contributed by atoms with van der Waals surface area (Å²) in [4.78, 5) is 0.215. The number of nitriles is 1. The molecule has 0 aromatic heterocycles. The van der Waals surface area contributed by atoms with Crippen molar-refractivity contribution in [3.63, 3.8) is 0 Å². The molecule has 1 aromatic carbocycles. The van der Waals surface area contributed by atoms with Gasteiger partial charge in [-0.3, -0.25) is 0 Å². The smallest absolute Gasteiger partial charge is 0.210 e. The summed E-state index contributed by atoms with van der Waals surface area (Å²) in [6.45, 7) is 0.479. The highest BCUT2D eigenvalue weighted by atomic mass is 32.2. The molecule has 0 spiro atoms. The molecule has 0 radical (unpaired) electrons. The Hall–Kier alpha value is -1.03. The van der Waals surface area contributed by atoms with Gasteiger partial charge in [0, 0.05) is 11.8 Å². The Morgan fingerprint density at radius 1 is 1.32 bits per heavy atom. The average molecular weight is 296 g/mol. The molecule has 6 heteroatoms. The van der Waals surface area contributed by atoms with E-state index in [9.17, 15) is 8.42 Å². The van der Waals surface area contributed by atoms with Crippen molar-refractivity contribution in [2.75, 3.05) is 12.3 Å². The molecule has 0 saturated carbocycles. The molecule has 1 fully saturated rings. The van der Waals surface area contributed by atoms with Gasteiger partial charge in [-0.25, -0.2) is 13.1 Å². The highest BCUT2D eigenvalue weighted by Crippen LogP contribution is 2.24. The van der Waals surface area contributed by atoms with E-state index in [1.807, 2.05) is 17.8 Å². The monoisotopic (exact) mass is 296 g/mol. The van der Waals surface area contributed by atoms with E-state index in [1.165, 1.54) is 37.1 Å². The van der Waals surface area contributed by atoms with E-state index < -0.39 is 10.0 Å². The van der Waals surface area contributed by atoms with Crippen LogP contribution in [0.1, 0.15) is 24.8 Å². The number of benzene rings is 1. The zero-order chi connectivity index (χ0) is 13.7. The second kappa shape index (κ2) is 6.42. The third-order valence-electron chi connectivity index (χ3n) is 3.07. The van der Waals surface area contributed by atoms with Crippen LogP contribution in [0, 0.1) is 11.3 Å². The molecule has 19 heavy (non-hydrogen) atoms. The zero-order valence-corrected chi connectivity index (χ0v) is 12.1. The third-order valence-corrected chi connectivity index (χ3v) is 5.91. The van der Waals surface area contributed by atoms with E-state index >= 15 is 0 Å². The first-order valence-electron chi connectivity index (χ1n) is 6.23. The van der Waals surface area contributed by atoms with Crippen LogP contribution in [0.25, 0.3) is 0 Å². The summed E-state index contributed by atoms with van der Waals surface area (Å²) >= 11 is 1.84. The molecule has 1 aliphatic rings. The molecule has 1 N–H and O–H groups in total. The van der Waals surface area contributed by atoms with Crippen LogP contribution < -0.4 is 4.72 Å². The van der Waals surface area contributed by atoms with Gasteiger partial charge in [0.1, 0.15) is 0 Å². The lowest BCUT2D eigenvalue weighted by Crippen LogP contribution is -2.31.